The van der Waals surface area contributed by atoms with Gasteiger partial charge in [0.25, 0.3) is 0 Å². The van der Waals surface area contributed by atoms with E-state index in [1.807, 2.05) is 14.1 Å². The average molecular weight is 259 g/mol. The van der Waals surface area contributed by atoms with Crippen molar-refractivity contribution in [3.63, 3.8) is 0 Å². The van der Waals surface area contributed by atoms with Gasteiger partial charge in [-0.15, -0.1) is 0 Å². The summed E-state index contributed by atoms with van der Waals surface area (Å²) in [5, 5.41) is 0. The number of nitrogens with zero attached hydrogens (tertiary/aromatic N) is 1. The molecule has 4 heteroatoms. The molecule has 14 heavy (non-hydrogen) atoms. The topological polar surface area (TPSA) is 38.5 Å². The number of halogens is 1. The van der Waals surface area contributed by atoms with Gasteiger partial charge in [0, 0.05) is 18.6 Å². The first-order valence-corrected chi connectivity index (χ1v) is 5.22. The van der Waals surface area contributed by atoms with Crippen molar-refractivity contribution in [2.24, 2.45) is 5.90 Å². The number of hydrogen-bond donors (Lipinski definition) is 1. The van der Waals surface area contributed by atoms with Gasteiger partial charge in [-0.05, 0) is 40.0 Å². The second kappa shape index (κ2) is 5.34. The highest BCUT2D eigenvalue weighted by Gasteiger charge is 2.02. The van der Waals surface area contributed by atoms with Crippen LogP contribution in [0.15, 0.2) is 22.7 Å². The molecular formula is C10H15BrN2O. The average Bonchev–Trinajstić information content (AvgIpc) is 2.14. The minimum atomic E-state index is 0.549. The summed E-state index contributed by atoms with van der Waals surface area (Å²) in [4.78, 5) is 6.60. The lowest BCUT2D eigenvalue weighted by Crippen LogP contribution is -2.09. The van der Waals surface area contributed by atoms with Crippen LogP contribution in [0.25, 0.3) is 0 Å². The summed E-state index contributed by atoms with van der Waals surface area (Å²) in [6, 6.07) is 6.25. The molecule has 0 spiro atoms. The van der Waals surface area contributed by atoms with Crippen molar-refractivity contribution in [2.75, 3.05) is 25.6 Å². The third-order valence-corrected chi connectivity index (χ3v) is 2.64. The molecule has 0 bridgehead atoms. The van der Waals surface area contributed by atoms with Gasteiger partial charge in [0.05, 0.1) is 12.3 Å². The van der Waals surface area contributed by atoms with Gasteiger partial charge in [-0.3, -0.25) is 0 Å². The zero-order chi connectivity index (χ0) is 10.6. The molecule has 0 aliphatic rings. The van der Waals surface area contributed by atoms with Crippen LogP contribution in [-0.4, -0.2) is 20.7 Å². The summed E-state index contributed by atoms with van der Waals surface area (Å²) >= 11 is 3.53. The zero-order valence-corrected chi connectivity index (χ0v) is 10.0. The van der Waals surface area contributed by atoms with E-state index in [2.05, 4.69) is 43.9 Å². The summed E-state index contributed by atoms with van der Waals surface area (Å²) in [6.45, 7) is 0.549. The van der Waals surface area contributed by atoms with E-state index in [4.69, 9.17) is 5.90 Å². The Morgan fingerprint density at radius 3 is 2.64 bits per heavy atom. The van der Waals surface area contributed by atoms with Crippen molar-refractivity contribution in [3.8, 4) is 0 Å². The second-order valence-electron chi connectivity index (χ2n) is 3.30. The van der Waals surface area contributed by atoms with E-state index < -0.39 is 0 Å². The molecular weight excluding hydrogens is 244 g/mol. The number of anilines is 1. The lowest BCUT2D eigenvalue weighted by molar-refractivity contribution is 0.141. The number of rotatable bonds is 4. The van der Waals surface area contributed by atoms with Gasteiger partial charge < -0.3 is 9.74 Å². The molecule has 3 nitrogen and oxygen atoms in total. The lowest BCUT2D eigenvalue weighted by Gasteiger charge is -2.15. The number of hydrogen-bond acceptors (Lipinski definition) is 3. The van der Waals surface area contributed by atoms with E-state index in [0.717, 1.165) is 10.9 Å². The Balaban J connectivity index is 2.78. The van der Waals surface area contributed by atoms with Crippen LogP contribution < -0.4 is 10.8 Å². The van der Waals surface area contributed by atoms with Gasteiger partial charge in [-0.1, -0.05) is 6.07 Å². The normalized spacial score (nSPS) is 10.3. The largest absolute Gasteiger partial charge is 0.377 e. The van der Waals surface area contributed by atoms with Crippen molar-refractivity contribution < 1.29 is 4.84 Å². The first kappa shape index (κ1) is 11.5. The first-order valence-electron chi connectivity index (χ1n) is 4.42. The molecule has 0 aliphatic carbocycles. The van der Waals surface area contributed by atoms with E-state index in [-0.39, 0.29) is 0 Å². The number of nitrogens with two attached hydrogens (primary N) is 1. The smallest absolute Gasteiger partial charge is 0.0719 e. The Bertz CT molecular complexity index is 302. The summed E-state index contributed by atoms with van der Waals surface area (Å²) in [5.41, 5.74) is 2.38. The van der Waals surface area contributed by atoms with Crippen LogP contribution in [0.4, 0.5) is 5.69 Å². The van der Waals surface area contributed by atoms with Gasteiger partial charge >= 0.3 is 0 Å². The Kier molecular flexibility index (Phi) is 4.38. The fourth-order valence-corrected chi connectivity index (χ4v) is 2.03. The highest BCUT2D eigenvalue weighted by atomic mass is 79.9. The molecule has 0 fully saturated rings. The van der Waals surface area contributed by atoms with Gasteiger partial charge in [0.15, 0.2) is 0 Å². The molecule has 1 rings (SSSR count). The lowest BCUT2D eigenvalue weighted by atomic mass is 10.1. The van der Waals surface area contributed by atoms with Crippen molar-refractivity contribution in [2.45, 2.75) is 6.42 Å². The molecule has 0 atom stereocenters. The van der Waals surface area contributed by atoms with E-state index >= 15 is 0 Å². The van der Waals surface area contributed by atoms with Crippen molar-refractivity contribution >= 4 is 21.6 Å². The SMILES string of the molecule is CN(C)c1ccc(CCON)cc1Br. The summed E-state index contributed by atoms with van der Waals surface area (Å²) in [7, 11) is 4.03. The standard InChI is InChI=1S/C10H15BrN2O/c1-13(2)10-4-3-8(5-6-14-12)7-9(10)11/h3-4,7H,5-6,12H2,1-2H3. The van der Waals surface area contributed by atoms with E-state index in [1.54, 1.807) is 0 Å². The summed E-state index contributed by atoms with van der Waals surface area (Å²) in [6.07, 6.45) is 0.836. The van der Waals surface area contributed by atoms with E-state index in [0.29, 0.717) is 6.61 Å². The Morgan fingerprint density at radius 1 is 1.43 bits per heavy atom. The van der Waals surface area contributed by atoms with Gasteiger partial charge in [0.1, 0.15) is 0 Å². The fraction of sp³-hybridized carbons (Fsp3) is 0.400. The maximum absolute atomic E-state index is 4.97. The summed E-state index contributed by atoms with van der Waals surface area (Å²) < 4.78 is 1.09. The van der Waals surface area contributed by atoms with Crippen LogP contribution in [0.5, 0.6) is 0 Å². The highest BCUT2D eigenvalue weighted by Crippen LogP contribution is 2.25. The molecule has 0 unspecified atom stereocenters. The van der Waals surface area contributed by atoms with Gasteiger partial charge in [-0.2, -0.15) is 0 Å². The molecule has 0 saturated heterocycles. The molecule has 0 aromatic heterocycles. The van der Waals surface area contributed by atoms with E-state index in [1.165, 1.54) is 11.3 Å². The van der Waals surface area contributed by atoms with Crippen LogP contribution in [0.1, 0.15) is 5.56 Å². The number of benzene rings is 1. The van der Waals surface area contributed by atoms with Gasteiger partial charge in [-0.25, -0.2) is 5.90 Å². The molecule has 1 aromatic rings. The van der Waals surface area contributed by atoms with Crippen molar-refractivity contribution in [3.05, 3.63) is 28.2 Å². The maximum atomic E-state index is 4.97. The predicted octanol–water partition coefficient (Wildman–Crippen LogP) is 1.95. The molecule has 0 heterocycles. The quantitative estimate of drug-likeness (QED) is 0.840. The molecule has 0 saturated carbocycles. The monoisotopic (exact) mass is 258 g/mol. The Labute approximate surface area is 92.9 Å². The van der Waals surface area contributed by atoms with Crippen LogP contribution in [-0.2, 0) is 11.3 Å². The van der Waals surface area contributed by atoms with E-state index in [9.17, 15) is 0 Å². The molecule has 0 amide bonds. The minimum Gasteiger partial charge on any atom is -0.377 e. The fourth-order valence-electron chi connectivity index (χ4n) is 1.25. The molecule has 78 valence electrons. The van der Waals surface area contributed by atoms with Crippen LogP contribution >= 0.6 is 15.9 Å². The van der Waals surface area contributed by atoms with Crippen LogP contribution in [0, 0.1) is 0 Å². The molecule has 1 aromatic carbocycles. The van der Waals surface area contributed by atoms with Gasteiger partial charge in [0.2, 0.25) is 0 Å². The third kappa shape index (κ3) is 2.97. The molecule has 0 aliphatic heterocycles. The predicted molar refractivity (Wildman–Crippen MR) is 62.3 cm³/mol. The maximum Gasteiger partial charge on any atom is 0.0719 e. The molecule has 0 radical (unpaired) electrons. The van der Waals surface area contributed by atoms with Crippen LogP contribution in [0.3, 0.4) is 0 Å². The second-order valence-corrected chi connectivity index (χ2v) is 4.16. The zero-order valence-electron chi connectivity index (χ0n) is 8.46. The Morgan fingerprint density at radius 2 is 2.14 bits per heavy atom. The van der Waals surface area contributed by atoms with Crippen molar-refractivity contribution in [1.29, 1.82) is 0 Å². The Hall–Kier alpha value is -0.580. The van der Waals surface area contributed by atoms with Crippen LogP contribution in [0.2, 0.25) is 0 Å². The third-order valence-electron chi connectivity index (χ3n) is 2.00. The first-order chi connectivity index (χ1) is 6.65. The highest BCUT2D eigenvalue weighted by molar-refractivity contribution is 9.10. The summed E-state index contributed by atoms with van der Waals surface area (Å²) in [5.74, 6) is 4.97. The molecule has 2 N–H and O–H groups in total. The minimum absolute atomic E-state index is 0.549. The van der Waals surface area contributed by atoms with Crippen molar-refractivity contribution in [1.82, 2.24) is 0 Å².